The first-order chi connectivity index (χ1) is 9.38. The van der Waals surface area contributed by atoms with Crippen molar-refractivity contribution in [2.45, 2.75) is 13.3 Å². The van der Waals surface area contributed by atoms with Crippen LogP contribution in [0.25, 0.3) is 0 Å². The van der Waals surface area contributed by atoms with Gasteiger partial charge >= 0.3 is 5.97 Å². The van der Waals surface area contributed by atoms with Gasteiger partial charge in [-0.1, -0.05) is 6.92 Å². The topological polar surface area (TPSA) is 81.4 Å². The molecule has 1 aromatic rings. The van der Waals surface area contributed by atoms with Gasteiger partial charge in [0.25, 0.3) is 0 Å². The second kappa shape index (κ2) is 6.95. The Morgan fingerprint density at radius 1 is 1.35 bits per heavy atom. The van der Waals surface area contributed by atoms with Gasteiger partial charge in [0.15, 0.2) is 0 Å². The molecule has 3 N–H and O–H groups in total. The van der Waals surface area contributed by atoms with Gasteiger partial charge in [0, 0.05) is 12.5 Å². The van der Waals surface area contributed by atoms with Crippen LogP contribution in [0.2, 0.25) is 0 Å². The Hall–Kier alpha value is -2.02. The van der Waals surface area contributed by atoms with Gasteiger partial charge in [-0.15, -0.1) is 0 Å². The average molecular weight is 286 g/mol. The predicted molar refractivity (Wildman–Crippen MR) is 69.2 cm³/mol. The maximum Gasteiger partial charge on any atom is 0.340 e. The maximum atomic E-state index is 13.5. The predicted octanol–water partition coefficient (Wildman–Crippen LogP) is 1.67. The average Bonchev–Trinajstić information content (AvgIpc) is 2.40. The van der Waals surface area contributed by atoms with E-state index in [0.717, 1.165) is 13.2 Å². The molecule has 1 amide bonds. The van der Waals surface area contributed by atoms with Crippen LogP contribution in [0, 0.1) is 17.6 Å². The molecule has 20 heavy (non-hydrogen) atoms. The normalized spacial score (nSPS) is 11.8. The number of hydrogen-bond acceptors (Lipinski definition) is 4. The number of hydrogen-bond donors (Lipinski definition) is 2. The number of esters is 1. The molecular weight excluding hydrogens is 270 g/mol. The number of anilines is 1. The standard InChI is InChI=1S/C13H16F2N2O3/c1-7(6-16)3-12(18)17-11-4-8(13(19)20-2)9(14)5-10(11)15/h4-5,7H,3,6,16H2,1-2H3,(H,17,18). The molecule has 7 heteroatoms. The molecule has 0 heterocycles. The van der Waals surface area contributed by atoms with Crippen LogP contribution in [0.1, 0.15) is 23.7 Å². The summed E-state index contributed by atoms with van der Waals surface area (Å²) in [7, 11) is 1.08. The summed E-state index contributed by atoms with van der Waals surface area (Å²) in [6.07, 6.45) is 0.0981. The molecule has 0 aliphatic heterocycles. The molecule has 0 saturated carbocycles. The summed E-state index contributed by atoms with van der Waals surface area (Å²) in [6, 6.07) is 1.43. The maximum absolute atomic E-state index is 13.5. The number of benzene rings is 1. The molecule has 1 rings (SSSR count). The lowest BCUT2D eigenvalue weighted by atomic mass is 10.1. The van der Waals surface area contributed by atoms with Crippen LogP contribution in [0.3, 0.4) is 0 Å². The molecule has 0 aliphatic carbocycles. The molecule has 5 nitrogen and oxygen atoms in total. The van der Waals surface area contributed by atoms with Gasteiger partial charge < -0.3 is 15.8 Å². The molecular formula is C13H16F2N2O3. The highest BCUT2D eigenvalue weighted by atomic mass is 19.1. The highest BCUT2D eigenvalue weighted by Gasteiger charge is 2.18. The first kappa shape index (κ1) is 16.0. The fourth-order valence-electron chi connectivity index (χ4n) is 1.51. The van der Waals surface area contributed by atoms with Crippen LogP contribution < -0.4 is 11.1 Å². The Morgan fingerprint density at radius 2 is 2.00 bits per heavy atom. The van der Waals surface area contributed by atoms with E-state index < -0.39 is 29.1 Å². The Labute approximate surface area is 115 Å². The zero-order valence-corrected chi connectivity index (χ0v) is 11.2. The van der Waals surface area contributed by atoms with E-state index >= 15 is 0 Å². The van der Waals surface area contributed by atoms with E-state index in [-0.39, 0.29) is 18.0 Å². The molecule has 0 fully saturated rings. The molecule has 0 aliphatic rings. The van der Waals surface area contributed by atoms with E-state index in [4.69, 9.17) is 5.73 Å². The third-order valence-corrected chi connectivity index (χ3v) is 2.67. The van der Waals surface area contributed by atoms with Crippen molar-refractivity contribution >= 4 is 17.6 Å². The Morgan fingerprint density at radius 3 is 2.55 bits per heavy atom. The lowest BCUT2D eigenvalue weighted by Gasteiger charge is -2.11. The van der Waals surface area contributed by atoms with Crippen LogP contribution in [-0.2, 0) is 9.53 Å². The van der Waals surface area contributed by atoms with Crippen molar-refractivity contribution in [1.82, 2.24) is 0 Å². The van der Waals surface area contributed by atoms with E-state index in [0.29, 0.717) is 12.6 Å². The second-order valence-corrected chi connectivity index (χ2v) is 4.40. The number of halogens is 2. The Bertz CT molecular complexity index is 521. The molecule has 0 saturated heterocycles. The molecule has 0 aromatic heterocycles. The Balaban J connectivity index is 2.95. The number of nitrogens with one attached hydrogen (secondary N) is 1. The van der Waals surface area contributed by atoms with E-state index in [1.807, 2.05) is 0 Å². The summed E-state index contributed by atoms with van der Waals surface area (Å²) in [4.78, 5) is 22.9. The van der Waals surface area contributed by atoms with Crippen molar-refractivity contribution in [3.05, 3.63) is 29.3 Å². The van der Waals surface area contributed by atoms with Crippen molar-refractivity contribution in [3.63, 3.8) is 0 Å². The number of ether oxygens (including phenoxy) is 1. The van der Waals surface area contributed by atoms with Crippen molar-refractivity contribution in [2.75, 3.05) is 19.0 Å². The van der Waals surface area contributed by atoms with Crippen LogP contribution in [0.4, 0.5) is 14.5 Å². The zero-order chi connectivity index (χ0) is 15.3. The smallest absolute Gasteiger partial charge is 0.340 e. The summed E-state index contributed by atoms with van der Waals surface area (Å²) in [6.45, 7) is 2.08. The van der Waals surface area contributed by atoms with E-state index in [1.165, 1.54) is 0 Å². The molecule has 1 atom stereocenters. The van der Waals surface area contributed by atoms with Gasteiger partial charge in [0.05, 0.1) is 18.4 Å². The monoisotopic (exact) mass is 286 g/mol. The minimum absolute atomic E-state index is 0.0708. The van der Waals surface area contributed by atoms with Crippen molar-refractivity contribution in [1.29, 1.82) is 0 Å². The first-order valence-corrected chi connectivity index (χ1v) is 5.96. The third-order valence-electron chi connectivity index (χ3n) is 2.67. The number of carbonyl (C=O) groups excluding carboxylic acids is 2. The summed E-state index contributed by atoms with van der Waals surface area (Å²) < 4.78 is 31.3. The molecule has 0 bridgehead atoms. The largest absolute Gasteiger partial charge is 0.465 e. The zero-order valence-electron chi connectivity index (χ0n) is 11.2. The molecule has 1 unspecified atom stereocenters. The molecule has 110 valence electrons. The number of rotatable bonds is 5. The molecule has 0 radical (unpaired) electrons. The fraction of sp³-hybridized carbons (Fsp3) is 0.385. The third kappa shape index (κ3) is 3.99. The minimum Gasteiger partial charge on any atom is -0.465 e. The molecule has 0 spiro atoms. The van der Waals surface area contributed by atoms with E-state index in [9.17, 15) is 18.4 Å². The van der Waals surface area contributed by atoms with Gasteiger partial charge in [-0.3, -0.25) is 4.79 Å². The van der Waals surface area contributed by atoms with E-state index in [1.54, 1.807) is 6.92 Å². The van der Waals surface area contributed by atoms with Gasteiger partial charge in [0.1, 0.15) is 11.6 Å². The second-order valence-electron chi connectivity index (χ2n) is 4.40. The van der Waals surface area contributed by atoms with Crippen molar-refractivity contribution in [3.8, 4) is 0 Å². The number of carbonyl (C=O) groups is 2. The number of nitrogens with two attached hydrogens (primary N) is 1. The first-order valence-electron chi connectivity index (χ1n) is 5.96. The van der Waals surface area contributed by atoms with E-state index in [2.05, 4.69) is 10.1 Å². The summed E-state index contributed by atoms with van der Waals surface area (Å²) >= 11 is 0. The number of amides is 1. The van der Waals surface area contributed by atoms with Crippen LogP contribution in [0.5, 0.6) is 0 Å². The summed E-state index contributed by atoms with van der Waals surface area (Å²) in [5.41, 5.74) is 4.66. The SMILES string of the molecule is COC(=O)c1cc(NC(=O)CC(C)CN)c(F)cc1F. The lowest BCUT2D eigenvalue weighted by molar-refractivity contribution is -0.116. The van der Waals surface area contributed by atoms with Gasteiger partial charge in [-0.25, -0.2) is 13.6 Å². The summed E-state index contributed by atoms with van der Waals surface area (Å²) in [5, 5.41) is 2.28. The minimum atomic E-state index is -1.05. The van der Waals surface area contributed by atoms with Gasteiger partial charge in [0.2, 0.25) is 5.91 Å². The van der Waals surface area contributed by atoms with Crippen molar-refractivity contribution < 1.29 is 23.1 Å². The quantitative estimate of drug-likeness (QED) is 0.807. The fourth-order valence-corrected chi connectivity index (χ4v) is 1.51. The summed E-state index contributed by atoms with van der Waals surface area (Å²) in [5.74, 6) is -3.51. The van der Waals surface area contributed by atoms with Crippen LogP contribution in [-0.4, -0.2) is 25.5 Å². The molecule has 1 aromatic carbocycles. The van der Waals surface area contributed by atoms with Crippen molar-refractivity contribution in [2.24, 2.45) is 11.7 Å². The van der Waals surface area contributed by atoms with Gasteiger partial charge in [-0.05, 0) is 18.5 Å². The Kier molecular flexibility index (Phi) is 5.57. The number of methoxy groups -OCH3 is 1. The van der Waals surface area contributed by atoms with Crippen LogP contribution in [0.15, 0.2) is 12.1 Å². The van der Waals surface area contributed by atoms with Crippen LogP contribution >= 0.6 is 0 Å². The highest BCUT2D eigenvalue weighted by molar-refractivity contribution is 5.94. The lowest BCUT2D eigenvalue weighted by Crippen LogP contribution is -2.21. The highest BCUT2D eigenvalue weighted by Crippen LogP contribution is 2.20. The van der Waals surface area contributed by atoms with Gasteiger partial charge in [-0.2, -0.15) is 0 Å².